The summed E-state index contributed by atoms with van der Waals surface area (Å²) in [6, 6.07) is 14.9. The molecule has 4 rings (SSSR count). The van der Waals surface area contributed by atoms with Gasteiger partial charge in [-0.25, -0.2) is 4.68 Å². The van der Waals surface area contributed by atoms with E-state index in [2.05, 4.69) is 20.5 Å². The molecule has 0 fully saturated rings. The second-order valence-electron chi connectivity index (χ2n) is 5.45. The van der Waals surface area contributed by atoms with Crippen molar-refractivity contribution in [2.75, 3.05) is 0 Å². The lowest BCUT2D eigenvalue weighted by Crippen LogP contribution is -2.24. The van der Waals surface area contributed by atoms with Crippen LogP contribution in [0, 0.1) is 6.92 Å². The van der Waals surface area contributed by atoms with Crippen LogP contribution in [0.3, 0.4) is 0 Å². The van der Waals surface area contributed by atoms with Crippen molar-refractivity contribution < 1.29 is 4.52 Å². The Morgan fingerprint density at radius 1 is 1.08 bits per heavy atom. The summed E-state index contributed by atoms with van der Waals surface area (Å²) in [5, 5.41) is 12.4. The van der Waals surface area contributed by atoms with Gasteiger partial charge in [0.15, 0.2) is 0 Å². The van der Waals surface area contributed by atoms with E-state index in [4.69, 9.17) is 4.52 Å². The molecule has 0 aliphatic heterocycles. The van der Waals surface area contributed by atoms with Crippen LogP contribution in [0.4, 0.5) is 0 Å². The van der Waals surface area contributed by atoms with Crippen LogP contribution in [-0.2, 0) is 6.54 Å². The van der Waals surface area contributed by atoms with Gasteiger partial charge in [-0.05, 0) is 19.1 Å². The van der Waals surface area contributed by atoms with Gasteiger partial charge >= 0.3 is 0 Å². The Balaban J connectivity index is 1.66. The summed E-state index contributed by atoms with van der Waals surface area (Å²) < 4.78 is 6.45. The maximum absolute atomic E-state index is 12.4. The van der Waals surface area contributed by atoms with E-state index in [1.54, 1.807) is 18.2 Å². The number of nitrogens with zero attached hydrogens (tertiary/aromatic N) is 5. The predicted molar refractivity (Wildman–Crippen MR) is 87.4 cm³/mol. The van der Waals surface area contributed by atoms with Gasteiger partial charge < -0.3 is 4.52 Å². The zero-order valence-electron chi connectivity index (χ0n) is 12.9. The number of aryl methyl sites for hydroxylation is 1. The summed E-state index contributed by atoms with van der Waals surface area (Å²) in [7, 11) is 0. The van der Waals surface area contributed by atoms with Gasteiger partial charge in [-0.2, -0.15) is 4.98 Å². The van der Waals surface area contributed by atoms with Crippen molar-refractivity contribution in [3.8, 4) is 11.4 Å². The van der Waals surface area contributed by atoms with Crippen molar-refractivity contribution in [1.29, 1.82) is 0 Å². The molecule has 7 heteroatoms. The average molecular weight is 319 g/mol. The minimum absolute atomic E-state index is 0.0789. The molecular formula is C17H13N5O2. The quantitative estimate of drug-likeness (QED) is 0.575. The highest BCUT2D eigenvalue weighted by atomic mass is 16.5. The van der Waals surface area contributed by atoms with E-state index in [0.29, 0.717) is 22.6 Å². The van der Waals surface area contributed by atoms with Crippen molar-refractivity contribution >= 4 is 10.9 Å². The van der Waals surface area contributed by atoms with Crippen molar-refractivity contribution in [2.45, 2.75) is 13.5 Å². The number of benzene rings is 2. The highest BCUT2D eigenvalue weighted by Gasteiger charge is 2.12. The molecule has 0 radical (unpaired) electrons. The van der Waals surface area contributed by atoms with Gasteiger partial charge in [0.1, 0.15) is 12.1 Å². The zero-order chi connectivity index (χ0) is 16.5. The fourth-order valence-electron chi connectivity index (χ4n) is 2.39. The molecule has 7 nitrogen and oxygen atoms in total. The Bertz CT molecular complexity index is 1070. The molecule has 0 aliphatic carbocycles. The van der Waals surface area contributed by atoms with Gasteiger partial charge in [-0.3, -0.25) is 4.79 Å². The van der Waals surface area contributed by atoms with Crippen LogP contribution in [0.25, 0.3) is 22.3 Å². The van der Waals surface area contributed by atoms with Crippen LogP contribution in [0.5, 0.6) is 0 Å². The normalized spacial score (nSPS) is 11.0. The fourth-order valence-corrected chi connectivity index (χ4v) is 2.39. The molecule has 0 atom stereocenters. The summed E-state index contributed by atoms with van der Waals surface area (Å²) in [5.74, 6) is 0.782. The molecule has 4 aromatic rings. The first-order chi connectivity index (χ1) is 11.7. The highest BCUT2D eigenvalue weighted by Crippen LogP contribution is 2.16. The molecule has 118 valence electrons. The first-order valence-corrected chi connectivity index (χ1v) is 7.43. The Labute approximate surface area is 136 Å². The second-order valence-corrected chi connectivity index (χ2v) is 5.45. The van der Waals surface area contributed by atoms with Gasteiger partial charge in [0.25, 0.3) is 5.56 Å². The third-order valence-electron chi connectivity index (χ3n) is 3.69. The summed E-state index contributed by atoms with van der Waals surface area (Å²) in [4.78, 5) is 16.7. The van der Waals surface area contributed by atoms with Gasteiger partial charge in [-0.1, -0.05) is 52.3 Å². The molecule has 0 saturated heterocycles. The minimum atomic E-state index is -0.240. The SMILES string of the molecule is Cc1ccc(-c2noc(Cn3nnc4ccccc4c3=O)n2)cc1. The average Bonchev–Trinajstić information content (AvgIpc) is 3.07. The molecule has 2 aromatic heterocycles. The molecule has 0 unspecified atom stereocenters. The van der Waals surface area contributed by atoms with E-state index < -0.39 is 0 Å². The standard InChI is InChI=1S/C17H13N5O2/c1-11-6-8-12(9-7-11)16-18-15(24-20-16)10-22-17(23)13-4-2-3-5-14(13)19-21-22/h2-9H,10H2,1H3. The molecule has 0 saturated carbocycles. The number of hydrogen-bond donors (Lipinski definition) is 0. The molecule has 24 heavy (non-hydrogen) atoms. The van der Waals surface area contributed by atoms with Crippen LogP contribution >= 0.6 is 0 Å². The maximum atomic E-state index is 12.4. The highest BCUT2D eigenvalue weighted by molar-refractivity contribution is 5.76. The van der Waals surface area contributed by atoms with Crippen LogP contribution in [0.15, 0.2) is 57.8 Å². The third kappa shape index (κ3) is 2.56. The molecule has 0 N–H and O–H groups in total. The van der Waals surface area contributed by atoms with Crippen molar-refractivity contribution in [2.24, 2.45) is 0 Å². The summed E-state index contributed by atoms with van der Waals surface area (Å²) >= 11 is 0. The summed E-state index contributed by atoms with van der Waals surface area (Å²) in [6.45, 7) is 2.09. The van der Waals surface area contributed by atoms with E-state index in [9.17, 15) is 4.79 Å². The Hall–Kier alpha value is -3.35. The molecule has 0 spiro atoms. The summed E-state index contributed by atoms with van der Waals surface area (Å²) in [6.07, 6.45) is 0. The Morgan fingerprint density at radius 2 is 1.88 bits per heavy atom. The van der Waals surface area contributed by atoms with Crippen molar-refractivity contribution in [1.82, 2.24) is 25.1 Å². The minimum Gasteiger partial charge on any atom is -0.337 e. The number of hydrogen-bond acceptors (Lipinski definition) is 6. The van der Waals surface area contributed by atoms with Gasteiger partial charge in [0.05, 0.1) is 5.39 Å². The topological polar surface area (TPSA) is 86.7 Å². The lowest BCUT2D eigenvalue weighted by Gasteiger charge is -2.01. The van der Waals surface area contributed by atoms with E-state index in [0.717, 1.165) is 11.1 Å². The Kier molecular flexibility index (Phi) is 3.38. The van der Waals surface area contributed by atoms with Crippen LogP contribution in [0.1, 0.15) is 11.5 Å². The maximum Gasteiger partial charge on any atom is 0.278 e. The smallest absolute Gasteiger partial charge is 0.278 e. The predicted octanol–water partition coefficient (Wildman–Crippen LogP) is 2.20. The Morgan fingerprint density at radius 3 is 2.71 bits per heavy atom. The van der Waals surface area contributed by atoms with E-state index in [1.807, 2.05) is 37.3 Å². The van der Waals surface area contributed by atoms with Gasteiger partial charge in [-0.15, -0.1) is 5.10 Å². The van der Waals surface area contributed by atoms with E-state index in [1.165, 1.54) is 4.68 Å². The molecule has 0 amide bonds. The largest absolute Gasteiger partial charge is 0.337 e. The van der Waals surface area contributed by atoms with Crippen LogP contribution in [-0.4, -0.2) is 25.1 Å². The van der Waals surface area contributed by atoms with E-state index in [-0.39, 0.29) is 12.1 Å². The van der Waals surface area contributed by atoms with Crippen molar-refractivity contribution in [3.05, 3.63) is 70.3 Å². The second kappa shape index (κ2) is 5.69. The van der Waals surface area contributed by atoms with Crippen molar-refractivity contribution in [3.63, 3.8) is 0 Å². The number of rotatable bonds is 3. The zero-order valence-corrected chi connectivity index (χ0v) is 12.9. The van der Waals surface area contributed by atoms with E-state index >= 15 is 0 Å². The monoisotopic (exact) mass is 319 g/mol. The summed E-state index contributed by atoms with van der Waals surface area (Å²) in [5.41, 5.74) is 2.33. The van der Waals surface area contributed by atoms with Crippen LogP contribution in [0.2, 0.25) is 0 Å². The first-order valence-electron chi connectivity index (χ1n) is 7.43. The van der Waals surface area contributed by atoms with Crippen LogP contribution < -0.4 is 5.56 Å². The molecule has 0 bridgehead atoms. The molecule has 0 aliphatic rings. The lowest BCUT2D eigenvalue weighted by atomic mass is 10.1. The molecular weight excluding hydrogens is 306 g/mol. The van der Waals surface area contributed by atoms with Gasteiger partial charge in [0.2, 0.25) is 11.7 Å². The van der Waals surface area contributed by atoms with Gasteiger partial charge in [0, 0.05) is 5.56 Å². The number of fused-ring (bicyclic) bond motifs is 1. The fraction of sp³-hybridized carbons (Fsp3) is 0.118. The molecule has 2 aromatic carbocycles. The third-order valence-corrected chi connectivity index (χ3v) is 3.69. The molecule has 2 heterocycles. The lowest BCUT2D eigenvalue weighted by molar-refractivity contribution is 0.361. The first kappa shape index (κ1) is 14.3. The number of aromatic nitrogens is 5.